The van der Waals surface area contributed by atoms with Crippen LogP contribution < -0.4 is 19.7 Å². The Kier molecular flexibility index (Phi) is 5.73. The van der Waals surface area contributed by atoms with Crippen LogP contribution in [-0.4, -0.2) is 41.6 Å². The molecule has 1 aliphatic heterocycles. The highest BCUT2D eigenvalue weighted by Gasteiger charge is 2.66. The zero-order valence-corrected chi connectivity index (χ0v) is 21.1. The lowest BCUT2D eigenvalue weighted by Crippen LogP contribution is -2.37. The Hall–Kier alpha value is -2.39. The summed E-state index contributed by atoms with van der Waals surface area (Å²) in [5, 5.41) is 2.83. The number of carbonyl (C=O) groups is 3. The first kappa shape index (κ1) is 22.4. The van der Waals surface area contributed by atoms with Gasteiger partial charge in [0.25, 0.3) is 5.91 Å². The zero-order valence-electron chi connectivity index (χ0n) is 18.0. The Labute approximate surface area is 208 Å². The number of fused-ring (bicyclic) bond motifs is 5. The molecule has 2 bridgehead atoms. The molecular weight excluding hydrogens is 556 g/mol. The first-order chi connectivity index (χ1) is 15.9. The second kappa shape index (κ2) is 8.43. The molecule has 2 aromatic rings. The Morgan fingerprint density at radius 3 is 2.21 bits per heavy atom. The third-order valence-corrected chi connectivity index (χ3v) is 10.2. The molecule has 3 amide bonds. The maximum absolute atomic E-state index is 13.5. The van der Waals surface area contributed by atoms with Crippen LogP contribution in [0.2, 0.25) is 0 Å². The molecule has 3 fully saturated rings. The van der Waals surface area contributed by atoms with E-state index < -0.39 is 5.91 Å². The van der Waals surface area contributed by atoms with Crippen molar-refractivity contribution in [3.05, 3.63) is 48.0 Å². The summed E-state index contributed by atoms with van der Waals surface area (Å²) in [7, 11) is 3.04. The van der Waals surface area contributed by atoms with E-state index >= 15 is 0 Å². The molecular formula is C24H22Br2N2O5. The lowest BCUT2D eigenvalue weighted by atomic mass is 9.81. The summed E-state index contributed by atoms with van der Waals surface area (Å²) < 4.78 is 10.6. The average molecular weight is 578 g/mol. The highest BCUT2D eigenvalue weighted by atomic mass is 79.9. The van der Waals surface area contributed by atoms with Crippen molar-refractivity contribution in [1.29, 1.82) is 0 Å². The summed E-state index contributed by atoms with van der Waals surface area (Å²) in [5.74, 6) is -0.365. The summed E-state index contributed by atoms with van der Waals surface area (Å²) in [4.78, 5) is 41.7. The molecule has 172 valence electrons. The molecule has 2 aliphatic carbocycles. The number of hydrogen-bond acceptors (Lipinski definition) is 5. The zero-order chi connectivity index (χ0) is 23.4. The Bertz CT molecular complexity index is 1120. The van der Waals surface area contributed by atoms with E-state index in [1.54, 1.807) is 42.5 Å². The number of anilines is 2. The number of nitrogens with one attached hydrogen (secondary N) is 1. The van der Waals surface area contributed by atoms with E-state index in [1.165, 1.54) is 19.1 Å². The highest BCUT2D eigenvalue weighted by Crippen LogP contribution is 2.60. The van der Waals surface area contributed by atoms with Crippen LogP contribution >= 0.6 is 31.9 Å². The first-order valence-corrected chi connectivity index (χ1v) is 12.5. The van der Waals surface area contributed by atoms with Crippen LogP contribution in [0.25, 0.3) is 0 Å². The van der Waals surface area contributed by atoms with Crippen LogP contribution in [0, 0.1) is 23.7 Å². The maximum Gasteiger partial charge on any atom is 0.257 e. The number of imide groups is 1. The number of alkyl halides is 2. The van der Waals surface area contributed by atoms with Crippen molar-refractivity contribution in [3.8, 4) is 11.5 Å². The van der Waals surface area contributed by atoms with Crippen LogP contribution in [0.15, 0.2) is 42.5 Å². The number of hydrogen-bond donors (Lipinski definition) is 1. The SMILES string of the molecule is COc1ccc(OC)c(NC(=O)c2ccccc2N2C(=O)[C@@H]3[C@H]4C[C@@H]([C@H](Br)[C@H]4Br)[C@@H]3C2=O)c1. The van der Waals surface area contributed by atoms with Crippen LogP contribution in [0.1, 0.15) is 16.8 Å². The molecule has 1 heterocycles. The third-order valence-electron chi connectivity index (χ3n) is 7.03. The fraction of sp³-hybridized carbons (Fsp3) is 0.375. The van der Waals surface area contributed by atoms with Crippen molar-refractivity contribution < 1.29 is 23.9 Å². The molecule has 2 saturated carbocycles. The van der Waals surface area contributed by atoms with E-state index in [0.29, 0.717) is 22.9 Å². The van der Waals surface area contributed by atoms with Crippen molar-refractivity contribution >= 4 is 61.0 Å². The maximum atomic E-state index is 13.5. The van der Waals surface area contributed by atoms with Crippen molar-refractivity contribution in [1.82, 2.24) is 0 Å². The summed E-state index contributed by atoms with van der Waals surface area (Å²) in [6.45, 7) is 0. The van der Waals surface area contributed by atoms with E-state index in [2.05, 4.69) is 37.2 Å². The van der Waals surface area contributed by atoms with Gasteiger partial charge in [0.05, 0.1) is 43.0 Å². The number of rotatable bonds is 5. The minimum Gasteiger partial charge on any atom is -0.497 e. The molecule has 0 radical (unpaired) electrons. The molecule has 2 aromatic carbocycles. The third kappa shape index (κ3) is 3.39. The van der Waals surface area contributed by atoms with Crippen molar-refractivity contribution in [3.63, 3.8) is 0 Å². The molecule has 3 aliphatic rings. The molecule has 1 N–H and O–H groups in total. The fourth-order valence-electron chi connectivity index (χ4n) is 5.55. The molecule has 33 heavy (non-hydrogen) atoms. The molecule has 0 aromatic heterocycles. The average Bonchev–Trinajstić information content (AvgIpc) is 3.43. The molecule has 1 saturated heterocycles. The van der Waals surface area contributed by atoms with E-state index in [0.717, 1.165) is 6.42 Å². The minimum absolute atomic E-state index is 0.104. The smallest absolute Gasteiger partial charge is 0.257 e. The second-order valence-corrected chi connectivity index (χ2v) is 10.7. The predicted octanol–water partition coefficient (Wildman–Crippen LogP) is 4.24. The number of carbonyl (C=O) groups excluding carboxylic acids is 3. The summed E-state index contributed by atoms with van der Waals surface area (Å²) in [6.07, 6.45) is 0.851. The molecule has 9 heteroatoms. The number of para-hydroxylation sites is 1. The van der Waals surface area contributed by atoms with Gasteiger partial charge in [-0.15, -0.1) is 0 Å². The van der Waals surface area contributed by atoms with Crippen molar-refractivity contribution in [2.75, 3.05) is 24.4 Å². The van der Waals surface area contributed by atoms with E-state index in [9.17, 15) is 14.4 Å². The summed E-state index contributed by atoms with van der Waals surface area (Å²) in [5.41, 5.74) is 0.968. The first-order valence-electron chi connectivity index (χ1n) is 10.7. The highest BCUT2D eigenvalue weighted by molar-refractivity contribution is 9.12. The fourth-order valence-corrected chi connectivity index (χ4v) is 7.42. The molecule has 0 spiro atoms. The Morgan fingerprint density at radius 2 is 1.61 bits per heavy atom. The van der Waals surface area contributed by atoms with Crippen LogP contribution in [0.5, 0.6) is 11.5 Å². The number of nitrogens with zero attached hydrogens (tertiary/aromatic N) is 1. The quantitative estimate of drug-likeness (QED) is 0.424. The van der Waals surface area contributed by atoms with Gasteiger partial charge in [0, 0.05) is 15.7 Å². The molecule has 7 nitrogen and oxygen atoms in total. The van der Waals surface area contributed by atoms with Crippen molar-refractivity contribution in [2.45, 2.75) is 16.1 Å². The van der Waals surface area contributed by atoms with Crippen molar-refractivity contribution in [2.24, 2.45) is 23.7 Å². The standard InChI is InChI=1S/C24H22Br2N2O5/c1-32-11-7-8-17(33-2)15(9-11)27-22(29)12-5-3-4-6-16(12)28-23(30)18-13-10-14(19(18)24(28)31)21(26)20(13)25/h3-9,13-14,18-21H,10H2,1-2H3,(H,27,29)/t13-,14-,18-,19+,20+,21+/m1/s1. The largest absolute Gasteiger partial charge is 0.497 e. The van der Waals surface area contributed by atoms with Gasteiger partial charge in [-0.1, -0.05) is 44.0 Å². The van der Waals surface area contributed by atoms with Gasteiger partial charge in [-0.05, 0) is 42.5 Å². The lowest BCUT2D eigenvalue weighted by Gasteiger charge is -2.28. The number of methoxy groups -OCH3 is 2. The molecule has 5 rings (SSSR count). The Balaban J connectivity index is 1.48. The van der Waals surface area contributed by atoms with Gasteiger partial charge in [0.2, 0.25) is 11.8 Å². The number of benzene rings is 2. The van der Waals surface area contributed by atoms with E-state index in [-0.39, 0.29) is 50.7 Å². The summed E-state index contributed by atoms with van der Waals surface area (Å²) >= 11 is 7.41. The van der Waals surface area contributed by atoms with Gasteiger partial charge in [-0.3, -0.25) is 14.4 Å². The second-order valence-electron chi connectivity index (χ2n) is 8.55. The van der Waals surface area contributed by atoms with Gasteiger partial charge in [0.1, 0.15) is 11.5 Å². The normalized spacial score (nSPS) is 29.9. The lowest BCUT2D eigenvalue weighted by molar-refractivity contribution is -0.123. The monoisotopic (exact) mass is 576 g/mol. The number of halogens is 2. The van der Waals surface area contributed by atoms with Gasteiger partial charge in [-0.25, -0.2) is 4.90 Å². The Morgan fingerprint density at radius 1 is 0.970 bits per heavy atom. The minimum atomic E-state index is -0.450. The molecule has 6 atom stereocenters. The van der Waals surface area contributed by atoms with Crippen LogP contribution in [0.3, 0.4) is 0 Å². The van der Waals surface area contributed by atoms with Crippen LogP contribution in [-0.2, 0) is 9.59 Å². The van der Waals surface area contributed by atoms with Gasteiger partial charge >= 0.3 is 0 Å². The number of amides is 3. The van der Waals surface area contributed by atoms with Crippen LogP contribution in [0.4, 0.5) is 11.4 Å². The van der Waals surface area contributed by atoms with Gasteiger partial charge in [-0.2, -0.15) is 0 Å². The number of ether oxygens (including phenoxy) is 2. The molecule has 0 unspecified atom stereocenters. The van der Waals surface area contributed by atoms with Gasteiger partial charge < -0.3 is 14.8 Å². The van der Waals surface area contributed by atoms with E-state index in [1.807, 2.05) is 0 Å². The predicted molar refractivity (Wildman–Crippen MR) is 130 cm³/mol. The topological polar surface area (TPSA) is 84.9 Å². The van der Waals surface area contributed by atoms with Gasteiger partial charge in [0.15, 0.2) is 0 Å². The van der Waals surface area contributed by atoms with E-state index in [4.69, 9.17) is 9.47 Å². The summed E-state index contributed by atoms with van der Waals surface area (Å²) in [6, 6.07) is 11.8.